The maximum Gasteiger partial charge on any atom is 0.243 e. The standard InChI is InChI=1S/C13H20N2O2S/c1-4-10(2)15(3)18(16,17)12-5-6-13-11(9-12)7-8-14-13/h5-6,9-10,14H,4,7-8H2,1-3H3/t10-/m0/s1. The average Bonchev–Trinajstić information content (AvgIpc) is 2.83. The molecule has 1 N–H and O–H groups in total. The van der Waals surface area contributed by atoms with E-state index in [9.17, 15) is 8.42 Å². The molecule has 5 heteroatoms. The molecule has 1 aromatic rings. The number of nitrogens with zero attached hydrogens (tertiary/aromatic N) is 1. The molecule has 1 aromatic carbocycles. The fourth-order valence-corrected chi connectivity index (χ4v) is 3.59. The maximum absolute atomic E-state index is 12.4. The Balaban J connectivity index is 2.36. The van der Waals surface area contributed by atoms with E-state index in [1.807, 2.05) is 19.9 Å². The van der Waals surface area contributed by atoms with Crippen LogP contribution in [0, 0.1) is 0 Å². The molecule has 0 aliphatic carbocycles. The Morgan fingerprint density at radius 3 is 2.83 bits per heavy atom. The highest BCUT2D eigenvalue weighted by Crippen LogP contribution is 2.27. The Labute approximate surface area is 109 Å². The molecule has 0 amide bonds. The van der Waals surface area contributed by atoms with E-state index in [-0.39, 0.29) is 6.04 Å². The zero-order valence-corrected chi connectivity index (χ0v) is 11.9. The molecule has 0 bridgehead atoms. The molecule has 1 aliphatic rings. The first-order valence-electron chi connectivity index (χ1n) is 6.31. The predicted molar refractivity (Wildman–Crippen MR) is 73.3 cm³/mol. The molecule has 0 spiro atoms. The molecular weight excluding hydrogens is 248 g/mol. The molecule has 0 saturated heterocycles. The predicted octanol–water partition coefficient (Wildman–Crippen LogP) is 2.07. The number of benzene rings is 1. The van der Waals surface area contributed by atoms with Gasteiger partial charge < -0.3 is 5.32 Å². The molecule has 1 aliphatic heterocycles. The summed E-state index contributed by atoms with van der Waals surface area (Å²) in [5, 5.41) is 3.23. The largest absolute Gasteiger partial charge is 0.384 e. The van der Waals surface area contributed by atoms with Crippen molar-refractivity contribution < 1.29 is 8.42 Å². The lowest BCUT2D eigenvalue weighted by Gasteiger charge is -2.23. The molecule has 0 unspecified atom stereocenters. The molecule has 1 atom stereocenters. The number of rotatable bonds is 4. The van der Waals surface area contributed by atoms with Crippen LogP contribution in [0.15, 0.2) is 23.1 Å². The minimum Gasteiger partial charge on any atom is -0.384 e. The van der Waals surface area contributed by atoms with Crippen LogP contribution in [0.5, 0.6) is 0 Å². The summed E-state index contributed by atoms with van der Waals surface area (Å²) >= 11 is 0. The smallest absolute Gasteiger partial charge is 0.243 e. The van der Waals surface area contributed by atoms with Crippen LogP contribution in [0.1, 0.15) is 25.8 Å². The van der Waals surface area contributed by atoms with Gasteiger partial charge in [0.1, 0.15) is 0 Å². The van der Waals surface area contributed by atoms with Crippen molar-refractivity contribution in [3.05, 3.63) is 23.8 Å². The fraction of sp³-hybridized carbons (Fsp3) is 0.538. The molecule has 0 saturated carbocycles. The summed E-state index contributed by atoms with van der Waals surface area (Å²) in [6.07, 6.45) is 1.70. The lowest BCUT2D eigenvalue weighted by molar-refractivity contribution is 0.380. The summed E-state index contributed by atoms with van der Waals surface area (Å²) in [6, 6.07) is 5.36. The van der Waals surface area contributed by atoms with Crippen molar-refractivity contribution >= 4 is 15.7 Å². The van der Waals surface area contributed by atoms with E-state index in [4.69, 9.17) is 0 Å². The van der Waals surface area contributed by atoms with Crippen LogP contribution in [0.2, 0.25) is 0 Å². The minimum atomic E-state index is -3.37. The Morgan fingerprint density at radius 1 is 1.44 bits per heavy atom. The van der Waals surface area contributed by atoms with Crippen molar-refractivity contribution in [2.24, 2.45) is 0 Å². The third-order valence-electron chi connectivity index (χ3n) is 3.68. The van der Waals surface area contributed by atoms with E-state index in [2.05, 4.69) is 5.32 Å². The SMILES string of the molecule is CC[C@H](C)N(C)S(=O)(=O)c1ccc2c(c1)CCN2. The average molecular weight is 268 g/mol. The molecule has 2 rings (SSSR count). The van der Waals surface area contributed by atoms with Crippen LogP contribution in [-0.2, 0) is 16.4 Å². The molecule has 1 heterocycles. The number of anilines is 1. The third kappa shape index (κ3) is 2.24. The van der Waals surface area contributed by atoms with Gasteiger partial charge in [-0.15, -0.1) is 0 Å². The number of nitrogens with one attached hydrogen (secondary N) is 1. The van der Waals surface area contributed by atoms with Crippen LogP contribution in [-0.4, -0.2) is 32.4 Å². The van der Waals surface area contributed by atoms with Gasteiger partial charge in [0.2, 0.25) is 10.0 Å². The Morgan fingerprint density at radius 2 is 2.17 bits per heavy atom. The molecule has 0 fully saturated rings. The van der Waals surface area contributed by atoms with Crippen molar-refractivity contribution in [2.45, 2.75) is 37.6 Å². The van der Waals surface area contributed by atoms with Crippen molar-refractivity contribution in [1.29, 1.82) is 0 Å². The first-order chi connectivity index (χ1) is 8.46. The van der Waals surface area contributed by atoms with Gasteiger partial charge in [-0.1, -0.05) is 6.92 Å². The van der Waals surface area contributed by atoms with Gasteiger partial charge in [-0.05, 0) is 43.5 Å². The Bertz CT molecular complexity index is 540. The second-order valence-corrected chi connectivity index (χ2v) is 6.77. The van der Waals surface area contributed by atoms with Gasteiger partial charge in [-0.3, -0.25) is 0 Å². The highest BCUT2D eigenvalue weighted by Gasteiger charge is 2.25. The van der Waals surface area contributed by atoms with Gasteiger partial charge in [0.05, 0.1) is 4.90 Å². The van der Waals surface area contributed by atoms with Crippen LogP contribution in [0.3, 0.4) is 0 Å². The molecule has 0 radical (unpaired) electrons. The normalized spacial score (nSPS) is 16.4. The van der Waals surface area contributed by atoms with Crippen molar-refractivity contribution in [3.63, 3.8) is 0 Å². The summed E-state index contributed by atoms with van der Waals surface area (Å²) in [4.78, 5) is 0.396. The van der Waals surface area contributed by atoms with E-state index in [1.165, 1.54) is 4.31 Å². The lowest BCUT2D eigenvalue weighted by Crippen LogP contribution is -2.34. The first-order valence-corrected chi connectivity index (χ1v) is 7.75. The molecule has 18 heavy (non-hydrogen) atoms. The quantitative estimate of drug-likeness (QED) is 0.909. The summed E-state index contributed by atoms with van der Waals surface area (Å²) in [5.74, 6) is 0. The monoisotopic (exact) mass is 268 g/mol. The van der Waals surface area contributed by atoms with Gasteiger partial charge in [-0.25, -0.2) is 8.42 Å². The van der Waals surface area contributed by atoms with Crippen LogP contribution in [0.25, 0.3) is 0 Å². The van der Waals surface area contributed by atoms with Crippen LogP contribution < -0.4 is 5.32 Å². The fourth-order valence-electron chi connectivity index (χ4n) is 2.10. The van der Waals surface area contributed by atoms with Crippen molar-refractivity contribution in [2.75, 3.05) is 18.9 Å². The van der Waals surface area contributed by atoms with E-state index >= 15 is 0 Å². The van der Waals surface area contributed by atoms with Crippen LogP contribution >= 0.6 is 0 Å². The molecular formula is C13H20N2O2S. The van der Waals surface area contributed by atoms with Gasteiger partial charge in [0, 0.05) is 25.3 Å². The Hall–Kier alpha value is -1.07. The van der Waals surface area contributed by atoms with Gasteiger partial charge in [0.15, 0.2) is 0 Å². The highest BCUT2D eigenvalue weighted by molar-refractivity contribution is 7.89. The highest BCUT2D eigenvalue weighted by atomic mass is 32.2. The van der Waals surface area contributed by atoms with E-state index < -0.39 is 10.0 Å². The van der Waals surface area contributed by atoms with Crippen molar-refractivity contribution in [1.82, 2.24) is 4.31 Å². The topological polar surface area (TPSA) is 49.4 Å². The van der Waals surface area contributed by atoms with Gasteiger partial charge in [-0.2, -0.15) is 4.31 Å². The molecule has 100 valence electrons. The van der Waals surface area contributed by atoms with E-state index in [1.54, 1.807) is 19.2 Å². The minimum absolute atomic E-state index is 0.0152. The first kappa shape index (κ1) is 13.4. The van der Waals surface area contributed by atoms with Crippen molar-refractivity contribution in [3.8, 4) is 0 Å². The van der Waals surface area contributed by atoms with Crippen LogP contribution in [0.4, 0.5) is 5.69 Å². The Kier molecular flexibility index (Phi) is 3.64. The summed E-state index contributed by atoms with van der Waals surface area (Å²) in [6.45, 7) is 4.80. The van der Waals surface area contributed by atoms with Gasteiger partial charge in [0.25, 0.3) is 0 Å². The second-order valence-electron chi connectivity index (χ2n) is 4.77. The molecule has 0 aromatic heterocycles. The summed E-state index contributed by atoms with van der Waals surface area (Å²) < 4.78 is 26.3. The third-order valence-corrected chi connectivity index (χ3v) is 5.64. The van der Waals surface area contributed by atoms with E-state index in [0.29, 0.717) is 4.90 Å². The number of hydrogen-bond donors (Lipinski definition) is 1. The maximum atomic E-state index is 12.4. The second kappa shape index (κ2) is 4.90. The number of sulfonamides is 1. The number of hydrogen-bond acceptors (Lipinski definition) is 3. The summed E-state index contributed by atoms with van der Waals surface area (Å²) in [7, 11) is -1.72. The lowest BCUT2D eigenvalue weighted by atomic mass is 10.2. The zero-order chi connectivity index (χ0) is 13.3. The number of fused-ring (bicyclic) bond motifs is 1. The summed E-state index contributed by atoms with van der Waals surface area (Å²) in [5.41, 5.74) is 2.15. The zero-order valence-electron chi connectivity index (χ0n) is 11.1. The van der Waals surface area contributed by atoms with Gasteiger partial charge >= 0.3 is 0 Å². The molecule has 4 nitrogen and oxygen atoms in total. The van der Waals surface area contributed by atoms with E-state index in [0.717, 1.165) is 30.6 Å².